The number of fused-ring (bicyclic) bond motifs is 2. The molecule has 38 heavy (non-hydrogen) atoms. The monoisotopic (exact) mass is 670 g/mol. The zero-order valence-electron chi connectivity index (χ0n) is 21.8. The van der Waals surface area contributed by atoms with Gasteiger partial charge in [0, 0.05) is 32.2 Å². The maximum Gasteiger partial charge on any atom is 0.264 e. The van der Waals surface area contributed by atoms with Crippen molar-refractivity contribution in [1.29, 1.82) is 0 Å². The molecule has 0 unspecified atom stereocenters. The van der Waals surface area contributed by atoms with Gasteiger partial charge in [-0.05, 0) is 84.4 Å². The number of hydrogen-bond donors (Lipinski definition) is 1. The first-order valence-corrected chi connectivity index (χ1v) is 17.5. The van der Waals surface area contributed by atoms with Crippen molar-refractivity contribution in [3.05, 3.63) is 62.2 Å². The SMILES string of the molecule is C[C@H]1[C@H]([Si](C)(C)F)[C@@H](CC(=O)N2CCC[C@H]2CO)O[C@]12C(=O)N(Cc1ccc(I)cc1)c1ccc(Cl)cc12. The molecule has 0 radical (unpaired) electrons. The number of halogens is 3. The lowest BCUT2D eigenvalue weighted by atomic mass is 9.82. The summed E-state index contributed by atoms with van der Waals surface area (Å²) < 4.78 is 23.8. The summed E-state index contributed by atoms with van der Waals surface area (Å²) in [6.07, 6.45) is 0.804. The first kappa shape index (κ1) is 28.0. The van der Waals surface area contributed by atoms with Crippen LogP contribution in [0, 0.1) is 9.49 Å². The van der Waals surface area contributed by atoms with Gasteiger partial charge in [0.2, 0.25) is 14.3 Å². The van der Waals surface area contributed by atoms with Gasteiger partial charge in [-0.2, -0.15) is 0 Å². The largest absolute Gasteiger partial charge is 0.394 e. The number of aliphatic hydroxyl groups is 1. The fourth-order valence-electron chi connectivity index (χ4n) is 6.79. The van der Waals surface area contributed by atoms with E-state index in [2.05, 4.69) is 22.6 Å². The lowest BCUT2D eigenvalue weighted by Crippen LogP contribution is -2.45. The summed E-state index contributed by atoms with van der Waals surface area (Å²) in [7, 11) is -3.39. The highest BCUT2D eigenvalue weighted by molar-refractivity contribution is 14.1. The van der Waals surface area contributed by atoms with E-state index in [0.29, 0.717) is 29.4 Å². The Balaban J connectivity index is 1.53. The van der Waals surface area contributed by atoms with Crippen LogP contribution in [-0.4, -0.2) is 55.5 Å². The second-order valence-electron chi connectivity index (χ2n) is 11.2. The highest BCUT2D eigenvalue weighted by atomic mass is 127. The average Bonchev–Trinajstić information content (AvgIpc) is 3.51. The Bertz CT molecular complexity index is 1240. The quantitative estimate of drug-likeness (QED) is 0.246. The molecule has 0 bridgehead atoms. The van der Waals surface area contributed by atoms with Crippen molar-refractivity contribution in [2.45, 2.75) is 69.1 Å². The van der Waals surface area contributed by atoms with Crippen LogP contribution >= 0.6 is 34.2 Å². The molecule has 0 saturated carbocycles. The van der Waals surface area contributed by atoms with Gasteiger partial charge in [-0.25, -0.2) is 0 Å². The molecule has 0 aliphatic carbocycles. The number of rotatable bonds is 6. The molecule has 3 heterocycles. The number of carbonyl (C=O) groups excluding carboxylic acids is 2. The van der Waals surface area contributed by atoms with Crippen molar-refractivity contribution in [3.63, 3.8) is 0 Å². The van der Waals surface area contributed by atoms with E-state index in [1.165, 1.54) is 0 Å². The maximum absolute atomic E-state index is 16.0. The van der Waals surface area contributed by atoms with E-state index in [4.69, 9.17) is 16.3 Å². The van der Waals surface area contributed by atoms with Gasteiger partial charge in [-0.3, -0.25) is 9.59 Å². The minimum Gasteiger partial charge on any atom is -0.394 e. The molecule has 5 atom stereocenters. The van der Waals surface area contributed by atoms with Gasteiger partial charge in [-0.1, -0.05) is 30.7 Å². The van der Waals surface area contributed by atoms with Gasteiger partial charge >= 0.3 is 0 Å². The van der Waals surface area contributed by atoms with Gasteiger partial charge in [-0.15, -0.1) is 0 Å². The van der Waals surface area contributed by atoms with E-state index in [1.54, 1.807) is 35.0 Å². The highest BCUT2D eigenvalue weighted by Crippen LogP contribution is 2.60. The molecule has 6 nitrogen and oxygen atoms in total. The highest BCUT2D eigenvalue weighted by Gasteiger charge is 2.67. The predicted molar refractivity (Wildman–Crippen MR) is 156 cm³/mol. The summed E-state index contributed by atoms with van der Waals surface area (Å²) in [6.45, 7) is 5.96. The van der Waals surface area contributed by atoms with Crippen LogP contribution in [-0.2, 0) is 26.5 Å². The molecule has 2 fully saturated rings. The Hall–Kier alpha value is -1.53. The molecular weight excluding hydrogens is 638 g/mol. The molecule has 5 rings (SSSR count). The summed E-state index contributed by atoms with van der Waals surface area (Å²) >= 11 is 8.68. The van der Waals surface area contributed by atoms with E-state index in [9.17, 15) is 14.7 Å². The third-order valence-electron chi connectivity index (χ3n) is 8.46. The number of ether oxygens (including phenoxy) is 1. The lowest BCUT2D eigenvalue weighted by Gasteiger charge is -2.31. The predicted octanol–water partition coefficient (Wildman–Crippen LogP) is 5.64. The smallest absolute Gasteiger partial charge is 0.264 e. The first-order chi connectivity index (χ1) is 18.0. The molecule has 1 N–H and O–H groups in total. The standard InChI is InChI=1S/C28H33ClFIN2O4Si/c1-17-26(38(2,3)30)24(14-25(35)32-12-4-5-21(32)16-34)37-28(17)22-13-19(29)8-11-23(22)33(27(28)36)15-18-6-9-20(31)10-7-18/h6-11,13,17,21,24,26,34H,4-5,12,14-16H2,1-3H3/t17-,21-,24+,26-,28+/m0/s1. The molecule has 2 aromatic rings. The lowest BCUT2D eigenvalue weighted by molar-refractivity contribution is -0.150. The van der Waals surface area contributed by atoms with Crippen molar-refractivity contribution in [2.75, 3.05) is 18.1 Å². The van der Waals surface area contributed by atoms with Crippen molar-refractivity contribution in [1.82, 2.24) is 4.90 Å². The zero-order chi connectivity index (χ0) is 27.4. The van der Waals surface area contributed by atoms with E-state index in [1.807, 2.05) is 37.3 Å². The number of amides is 2. The van der Waals surface area contributed by atoms with Gasteiger partial charge in [0.1, 0.15) is 0 Å². The fourth-order valence-corrected chi connectivity index (χ4v) is 9.82. The first-order valence-electron chi connectivity index (χ1n) is 13.1. The van der Waals surface area contributed by atoms with Crippen LogP contribution in [0.2, 0.25) is 23.7 Å². The topological polar surface area (TPSA) is 70.1 Å². The number of nitrogens with zero attached hydrogens (tertiary/aromatic N) is 2. The number of aliphatic hydroxyl groups excluding tert-OH is 1. The second-order valence-corrected chi connectivity index (χ2v) is 16.7. The molecule has 2 amide bonds. The maximum atomic E-state index is 16.0. The molecule has 2 saturated heterocycles. The van der Waals surface area contributed by atoms with Gasteiger partial charge in [0.25, 0.3) is 5.91 Å². The van der Waals surface area contributed by atoms with Crippen molar-refractivity contribution in [3.8, 4) is 0 Å². The molecule has 0 aromatic heterocycles. The van der Waals surface area contributed by atoms with Crippen LogP contribution in [0.25, 0.3) is 0 Å². The van der Waals surface area contributed by atoms with Crippen LogP contribution < -0.4 is 4.90 Å². The Labute approximate surface area is 242 Å². The van der Waals surface area contributed by atoms with Crippen LogP contribution in [0.1, 0.15) is 37.3 Å². The number of benzene rings is 2. The Morgan fingerprint density at radius 1 is 1.26 bits per heavy atom. The molecule has 1 spiro atoms. The van der Waals surface area contributed by atoms with Crippen LogP contribution in [0.4, 0.5) is 9.80 Å². The zero-order valence-corrected chi connectivity index (χ0v) is 25.7. The third kappa shape index (κ3) is 4.72. The summed E-state index contributed by atoms with van der Waals surface area (Å²) in [5.74, 6) is -0.898. The van der Waals surface area contributed by atoms with Crippen molar-refractivity contribution >= 4 is 60.1 Å². The van der Waals surface area contributed by atoms with Gasteiger partial charge in [0.05, 0.1) is 37.4 Å². The second kappa shape index (κ2) is 10.5. The molecule has 2 aromatic carbocycles. The Kier molecular flexibility index (Phi) is 7.71. The van der Waals surface area contributed by atoms with Crippen LogP contribution in [0.15, 0.2) is 42.5 Å². The van der Waals surface area contributed by atoms with Crippen molar-refractivity contribution < 1.29 is 23.5 Å². The van der Waals surface area contributed by atoms with E-state index in [-0.39, 0.29) is 30.9 Å². The normalized spacial score (nSPS) is 29.0. The number of anilines is 1. The summed E-state index contributed by atoms with van der Waals surface area (Å²) in [5, 5.41) is 10.2. The van der Waals surface area contributed by atoms with Gasteiger partial charge in [0.15, 0.2) is 5.60 Å². The minimum atomic E-state index is -3.39. The Morgan fingerprint density at radius 3 is 2.63 bits per heavy atom. The summed E-state index contributed by atoms with van der Waals surface area (Å²) in [4.78, 5) is 31.1. The molecule has 204 valence electrons. The Morgan fingerprint density at radius 2 is 1.97 bits per heavy atom. The van der Waals surface area contributed by atoms with Crippen LogP contribution in [0.3, 0.4) is 0 Å². The van der Waals surface area contributed by atoms with E-state index < -0.39 is 31.6 Å². The van der Waals surface area contributed by atoms with E-state index in [0.717, 1.165) is 22.0 Å². The third-order valence-corrected chi connectivity index (χ3v) is 11.9. The van der Waals surface area contributed by atoms with Gasteiger partial charge < -0.3 is 23.8 Å². The molecule has 3 aliphatic rings. The number of hydrogen-bond acceptors (Lipinski definition) is 4. The summed E-state index contributed by atoms with van der Waals surface area (Å²) in [6, 6.07) is 13.1. The average molecular weight is 671 g/mol. The van der Waals surface area contributed by atoms with Crippen molar-refractivity contribution in [2.24, 2.45) is 5.92 Å². The number of carbonyl (C=O) groups is 2. The van der Waals surface area contributed by atoms with E-state index >= 15 is 4.11 Å². The minimum absolute atomic E-state index is 0.0199. The molecule has 3 aliphatic heterocycles. The molecular formula is C28H33ClFIN2O4Si. The number of likely N-dealkylation sites (tertiary alicyclic amines) is 1. The fraction of sp³-hybridized carbons (Fsp3) is 0.500. The molecule has 10 heteroatoms. The van der Waals surface area contributed by atoms with Crippen LogP contribution in [0.5, 0.6) is 0 Å². The summed E-state index contributed by atoms with van der Waals surface area (Å²) in [5.41, 5.74) is 0.316.